The first-order valence-electron chi connectivity index (χ1n) is 8.03. The maximum absolute atomic E-state index is 9.46. The van der Waals surface area contributed by atoms with Gasteiger partial charge in [0.25, 0.3) is 0 Å². The van der Waals surface area contributed by atoms with Crippen LogP contribution in [0.25, 0.3) is 0 Å². The van der Waals surface area contributed by atoms with Gasteiger partial charge in [-0.15, -0.1) is 0 Å². The Hall–Kier alpha value is -1.53. The number of hydrogen-bond acceptors (Lipinski definition) is 3. The summed E-state index contributed by atoms with van der Waals surface area (Å²) in [4.78, 5) is 2.31. The molecule has 0 saturated heterocycles. The van der Waals surface area contributed by atoms with Crippen molar-refractivity contribution in [2.75, 3.05) is 18.0 Å². The van der Waals surface area contributed by atoms with Gasteiger partial charge in [0.05, 0.1) is 11.3 Å². The molecule has 1 N–H and O–H groups in total. The van der Waals surface area contributed by atoms with Crippen LogP contribution in [0.15, 0.2) is 18.2 Å². The Labute approximate surface area is 130 Å². The van der Waals surface area contributed by atoms with Crippen LogP contribution in [-0.4, -0.2) is 19.1 Å². The van der Waals surface area contributed by atoms with Gasteiger partial charge < -0.3 is 10.2 Å². The molecule has 1 rings (SSSR count). The van der Waals surface area contributed by atoms with Gasteiger partial charge in [-0.05, 0) is 30.5 Å². The molecule has 1 aromatic carbocycles. The van der Waals surface area contributed by atoms with E-state index >= 15 is 0 Å². The van der Waals surface area contributed by atoms with Crippen molar-refractivity contribution in [1.82, 2.24) is 5.32 Å². The Morgan fingerprint density at radius 1 is 1.24 bits per heavy atom. The van der Waals surface area contributed by atoms with E-state index in [0.29, 0.717) is 12.0 Å². The van der Waals surface area contributed by atoms with E-state index < -0.39 is 0 Å². The summed E-state index contributed by atoms with van der Waals surface area (Å²) in [5, 5.41) is 12.9. The van der Waals surface area contributed by atoms with E-state index in [1.54, 1.807) is 0 Å². The maximum Gasteiger partial charge on any atom is 0.101 e. The molecule has 1 aromatic rings. The molecule has 0 fully saturated rings. The summed E-state index contributed by atoms with van der Waals surface area (Å²) in [7, 11) is 0. The van der Waals surface area contributed by atoms with Crippen LogP contribution in [0.1, 0.15) is 52.2 Å². The van der Waals surface area contributed by atoms with Gasteiger partial charge in [0.1, 0.15) is 6.07 Å². The van der Waals surface area contributed by atoms with Gasteiger partial charge in [-0.25, -0.2) is 0 Å². The average molecular weight is 287 g/mol. The number of rotatable bonds is 8. The van der Waals surface area contributed by atoms with E-state index in [4.69, 9.17) is 0 Å². The smallest absolute Gasteiger partial charge is 0.101 e. The molecule has 0 aromatic heterocycles. The van der Waals surface area contributed by atoms with Gasteiger partial charge >= 0.3 is 0 Å². The zero-order valence-electron chi connectivity index (χ0n) is 14.1. The zero-order chi connectivity index (χ0) is 15.8. The fraction of sp³-hybridized carbons (Fsp3) is 0.611. The van der Waals surface area contributed by atoms with Crippen molar-refractivity contribution in [3.63, 3.8) is 0 Å². The molecular weight excluding hydrogens is 258 g/mol. The first kappa shape index (κ1) is 17.5. The minimum Gasteiger partial charge on any atom is -0.370 e. The predicted octanol–water partition coefficient (Wildman–Crippen LogP) is 3.93. The second-order valence-electron chi connectivity index (χ2n) is 6.05. The number of anilines is 1. The highest BCUT2D eigenvalue weighted by Crippen LogP contribution is 2.23. The lowest BCUT2D eigenvalue weighted by Crippen LogP contribution is -2.29. The monoisotopic (exact) mass is 287 g/mol. The molecule has 21 heavy (non-hydrogen) atoms. The Morgan fingerprint density at radius 2 is 1.95 bits per heavy atom. The van der Waals surface area contributed by atoms with E-state index in [1.165, 1.54) is 5.56 Å². The van der Waals surface area contributed by atoms with Gasteiger partial charge in [-0.3, -0.25) is 0 Å². The Morgan fingerprint density at radius 3 is 2.48 bits per heavy atom. The summed E-state index contributed by atoms with van der Waals surface area (Å²) in [6, 6.07) is 9.06. The maximum atomic E-state index is 9.46. The number of hydrogen-bond donors (Lipinski definition) is 1. The third kappa shape index (κ3) is 5.40. The fourth-order valence-electron chi connectivity index (χ4n) is 2.28. The van der Waals surface area contributed by atoms with Crippen LogP contribution < -0.4 is 10.2 Å². The van der Waals surface area contributed by atoms with Gasteiger partial charge in [0, 0.05) is 25.7 Å². The Balaban J connectivity index is 2.93. The molecular formula is C18H29N3. The van der Waals surface area contributed by atoms with Gasteiger partial charge in [0.15, 0.2) is 0 Å². The third-order valence-electron chi connectivity index (χ3n) is 3.85. The number of nitrogens with one attached hydrogen (secondary N) is 1. The molecule has 0 amide bonds. The normalized spacial score (nSPS) is 12.2. The Bertz CT molecular complexity index is 474. The van der Waals surface area contributed by atoms with E-state index in [9.17, 15) is 5.26 Å². The van der Waals surface area contributed by atoms with Crippen molar-refractivity contribution >= 4 is 5.69 Å². The number of benzene rings is 1. The van der Waals surface area contributed by atoms with E-state index in [2.05, 4.69) is 63.0 Å². The largest absolute Gasteiger partial charge is 0.370 e. The lowest BCUT2D eigenvalue weighted by atomic mass is 10.0. The van der Waals surface area contributed by atoms with Crippen molar-refractivity contribution in [1.29, 1.82) is 5.26 Å². The molecule has 0 radical (unpaired) electrons. The summed E-state index contributed by atoms with van der Waals surface area (Å²) in [5.74, 6) is 0.638. The van der Waals surface area contributed by atoms with Crippen LogP contribution in [0, 0.1) is 17.2 Å². The molecule has 1 atom stereocenters. The minimum atomic E-state index is 0.452. The second-order valence-corrected chi connectivity index (χ2v) is 6.05. The first-order chi connectivity index (χ1) is 10.0. The topological polar surface area (TPSA) is 39.1 Å². The summed E-state index contributed by atoms with van der Waals surface area (Å²) in [5.41, 5.74) is 3.01. The lowest BCUT2D eigenvalue weighted by Gasteiger charge is -2.27. The molecule has 0 aliphatic carbocycles. The molecule has 0 aliphatic rings. The summed E-state index contributed by atoms with van der Waals surface area (Å²) < 4.78 is 0. The van der Waals surface area contributed by atoms with Crippen LogP contribution >= 0.6 is 0 Å². The molecule has 3 nitrogen and oxygen atoms in total. The molecule has 0 aliphatic heterocycles. The van der Waals surface area contributed by atoms with E-state index in [-0.39, 0.29) is 0 Å². The highest BCUT2D eigenvalue weighted by Gasteiger charge is 2.13. The van der Waals surface area contributed by atoms with Crippen LogP contribution in [0.2, 0.25) is 0 Å². The van der Waals surface area contributed by atoms with Gasteiger partial charge in [0.2, 0.25) is 0 Å². The predicted molar refractivity (Wildman–Crippen MR) is 90.5 cm³/mol. The molecule has 0 heterocycles. The zero-order valence-corrected chi connectivity index (χ0v) is 14.1. The standard InChI is InChI=1S/C18H29N3/c1-6-15(5)13-21(7-2)18-9-8-16(10-17(18)11-19)12-20-14(3)4/h8-10,14-15,20H,6-7,12-13H2,1-5H3. The van der Waals surface area contributed by atoms with Crippen LogP contribution in [0.3, 0.4) is 0 Å². The van der Waals surface area contributed by atoms with E-state index in [1.807, 2.05) is 6.07 Å². The summed E-state index contributed by atoms with van der Waals surface area (Å²) in [6.07, 6.45) is 1.16. The Kier molecular flexibility index (Phi) is 7.25. The lowest BCUT2D eigenvalue weighted by molar-refractivity contribution is 0.547. The fourth-order valence-corrected chi connectivity index (χ4v) is 2.28. The summed E-state index contributed by atoms with van der Waals surface area (Å²) >= 11 is 0. The van der Waals surface area contributed by atoms with Crippen LogP contribution in [0.4, 0.5) is 5.69 Å². The SMILES string of the molecule is CCC(C)CN(CC)c1ccc(CNC(C)C)cc1C#N. The van der Waals surface area contributed by atoms with Gasteiger partial charge in [-0.2, -0.15) is 5.26 Å². The summed E-state index contributed by atoms with van der Waals surface area (Å²) in [6.45, 7) is 13.6. The van der Waals surface area contributed by atoms with Crippen molar-refractivity contribution < 1.29 is 0 Å². The minimum absolute atomic E-state index is 0.452. The first-order valence-corrected chi connectivity index (χ1v) is 8.03. The number of nitriles is 1. The quantitative estimate of drug-likeness (QED) is 0.787. The van der Waals surface area contributed by atoms with Crippen molar-refractivity contribution in [3.05, 3.63) is 29.3 Å². The van der Waals surface area contributed by atoms with Crippen molar-refractivity contribution in [2.24, 2.45) is 5.92 Å². The molecule has 3 heteroatoms. The van der Waals surface area contributed by atoms with Crippen molar-refractivity contribution in [2.45, 2.75) is 53.6 Å². The molecule has 1 unspecified atom stereocenters. The van der Waals surface area contributed by atoms with Crippen LogP contribution in [0.5, 0.6) is 0 Å². The molecule has 0 saturated carbocycles. The highest BCUT2D eigenvalue weighted by molar-refractivity contribution is 5.60. The highest BCUT2D eigenvalue weighted by atomic mass is 15.1. The molecule has 0 spiro atoms. The average Bonchev–Trinajstić information content (AvgIpc) is 2.50. The van der Waals surface area contributed by atoms with E-state index in [0.717, 1.165) is 37.3 Å². The molecule has 116 valence electrons. The molecule has 0 bridgehead atoms. The van der Waals surface area contributed by atoms with Gasteiger partial charge in [-0.1, -0.05) is 40.2 Å². The second kappa shape index (κ2) is 8.69. The van der Waals surface area contributed by atoms with Crippen molar-refractivity contribution in [3.8, 4) is 6.07 Å². The third-order valence-corrected chi connectivity index (χ3v) is 3.85. The van der Waals surface area contributed by atoms with Crippen LogP contribution in [-0.2, 0) is 6.54 Å². The number of nitrogens with zero attached hydrogens (tertiary/aromatic N) is 2.